The summed E-state index contributed by atoms with van der Waals surface area (Å²) >= 11 is 6.06. The second kappa shape index (κ2) is 5.37. The van der Waals surface area contributed by atoms with Crippen molar-refractivity contribution >= 4 is 17.5 Å². The standard InChI is InChI=1S/C10H14ClN7O/c1-6-9(11)7(2)18(15-6)4-3-17-5-8(14-16-17)10(19)13-12/h5H,3-4,12H2,1-2H3,(H,13,19). The Kier molecular flexibility index (Phi) is 3.82. The number of nitrogen functional groups attached to an aromatic ring is 1. The summed E-state index contributed by atoms with van der Waals surface area (Å²) in [5, 5.41) is 12.5. The highest BCUT2D eigenvalue weighted by Crippen LogP contribution is 2.18. The molecule has 0 atom stereocenters. The quantitative estimate of drug-likeness (QED) is 0.469. The molecule has 0 bridgehead atoms. The molecule has 2 aromatic heterocycles. The molecule has 0 saturated carbocycles. The van der Waals surface area contributed by atoms with E-state index in [0.717, 1.165) is 11.4 Å². The summed E-state index contributed by atoms with van der Waals surface area (Å²) in [7, 11) is 0. The summed E-state index contributed by atoms with van der Waals surface area (Å²) in [6, 6.07) is 0. The molecule has 3 N–H and O–H groups in total. The first-order chi connectivity index (χ1) is 9.02. The van der Waals surface area contributed by atoms with Crippen molar-refractivity contribution in [1.82, 2.24) is 30.2 Å². The van der Waals surface area contributed by atoms with Crippen LogP contribution in [-0.4, -0.2) is 30.7 Å². The van der Waals surface area contributed by atoms with E-state index in [1.165, 1.54) is 6.20 Å². The normalized spacial score (nSPS) is 10.7. The monoisotopic (exact) mass is 283 g/mol. The third-order valence-corrected chi connectivity index (χ3v) is 3.28. The number of rotatable bonds is 4. The topological polar surface area (TPSA) is 104 Å². The third-order valence-electron chi connectivity index (χ3n) is 2.74. The van der Waals surface area contributed by atoms with E-state index in [9.17, 15) is 4.79 Å². The van der Waals surface area contributed by atoms with Gasteiger partial charge in [0.15, 0.2) is 5.69 Å². The Morgan fingerprint density at radius 2 is 2.21 bits per heavy atom. The molecule has 0 aliphatic heterocycles. The largest absolute Gasteiger partial charge is 0.289 e. The van der Waals surface area contributed by atoms with Gasteiger partial charge in [0.1, 0.15) is 0 Å². The number of nitrogens with two attached hydrogens (primary N) is 1. The van der Waals surface area contributed by atoms with E-state index < -0.39 is 5.91 Å². The van der Waals surface area contributed by atoms with E-state index in [1.54, 1.807) is 9.36 Å². The molecule has 9 heteroatoms. The fourth-order valence-electron chi connectivity index (χ4n) is 1.68. The van der Waals surface area contributed by atoms with Crippen LogP contribution in [0.5, 0.6) is 0 Å². The predicted octanol–water partition coefficient (Wildman–Crippen LogP) is 0.0485. The second-order valence-electron chi connectivity index (χ2n) is 4.05. The van der Waals surface area contributed by atoms with Crippen LogP contribution in [0.1, 0.15) is 21.9 Å². The van der Waals surface area contributed by atoms with Crippen LogP contribution < -0.4 is 11.3 Å². The van der Waals surface area contributed by atoms with Crippen molar-refractivity contribution in [2.75, 3.05) is 0 Å². The van der Waals surface area contributed by atoms with Crippen molar-refractivity contribution in [3.8, 4) is 0 Å². The van der Waals surface area contributed by atoms with Crippen LogP contribution in [-0.2, 0) is 13.1 Å². The number of hydrazine groups is 1. The van der Waals surface area contributed by atoms with Crippen LogP contribution in [0, 0.1) is 13.8 Å². The number of nitrogens with zero attached hydrogens (tertiary/aromatic N) is 5. The maximum absolute atomic E-state index is 11.2. The van der Waals surface area contributed by atoms with Gasteiger partial charge in [-0.3, -0.25) is 14.9 Å². The SMILES string of the molecule is Cc1nn(CCn2cc(C(=O)NN)nn2)c(C)c1Cl. The molecule has 0 aliphatic carbocycles. The zero-order chi connectivity index (χ0) is 14.0. The lowest BCUT2D eigenvalue weighted by molar-refractivity contribution is 0.0948. The average Bonchev–Trinajstić information content (AvgIpc) is 2.97. The van der Waals surface area contributed by atoms with Crippen molar-refractivity contribution < 1.29 is 4.79 Å². The minimum Gasteiger partial charge on any atom is -0.289 e. The van der Waals surface area contributed by atoms with E-state index in [1.807, 2.05) is 19.3 Å². The fraction of sp³-hybridized carbons (Fsp3) is 0.400. The van der Waals surface area contributed by atoms with Crippen molar-refractivity contribution in [2.45, 2.75) is 26.9 Å². The molecule has 0 unspecified atom stereocenters. The van der Waals surface area contributed by atoms with Gasteiger partial charge in [0.05, 0.1) is 35.7 Å². The van der Waals surface area contributed by atoms with Gasteiger partial charge in [-0.1, -0.05) is 16.8 Å². The zero-order valence-electron chi connectivity index (χ0n) is 10.6. The maximum atomic E-state index is 11.2. The molecule has 0 radical (unpaired) electrons. The van der Waals surface area contributed by atoms with Gasteiger partial charge in [-0.2, -0.15) is 5.10 Å². The maximum Gasteiger partial charge on any atom is 0.287 e. The Hall–Kier alpha value is -1.93. The zero-order valence-corrected chi connectivity index (χ0v) is 11.3. The molecule has 102 valence electrons. The van der Waals surface area contributed by atoms with E-state index in [2.05, 4.69) is 15.4 Å². The molecule has 2 heterocycles. The number of aromatic nitrogens is 5. The summed E-state index contributed by atoms with van der Waals surface area (Å²) in [4.78, 5) is 11.2. The highest BCUT2D eigenvalue weighted by atomic mass is 35.5. The minimum absolute atomic E-state index is 0.175. The molecule has 0 aromatic carbocycles. The van der Waals surface area contributed by atoms with Crippen LogP contribution in [0.2, 0.25) is 5.02 Å². The number of carbonyl (C=O) groups is 1. The molecule has 0 saturated heterocycles. The van der Waals surface area contributed by atoms with Crippen LogP contribution in [0.15, 0.2) is 6.20 Å². The average molecular weight is 284 g/mol. The van der Waals surface area contributed by atoms with Crippen LogP contribution >= 0.6 is 11.6 Å². The van der Waals surface area contributed by atoms with E-state index in [4.69, 9.17) is 17.4 Å². The van der Waals surface area contributed by atoms with Gasteiger partial charge < -0.3 is 0 Å². The number of hydrogen-bond donors (Lipinski definition) is 2. The first-order valence-electron chi connectivity index (χ1n) is 5.63. The van der Waals surface area contributed by atoms with Crippen molar-refractivity contribution in [3.05, 3.63) is 28.3 Å². The lowest BCUT2D eigenvalue weighted by Crippen LogP contribution is -2.30. The smallest absolute Gasteiger partial charge is 0.287 e. The summed E-state index contributed by atoms with van der Waals surface area (Å²) in [5.41, 5.74) is 3.87. The molecule has 0 spiro atoms. The number of carbonyl (C=O) groups excluding carboxylic acids is 1. The highest BCUT2D eigenvalue weighted by molar-refractivity contribution is 6.31. The number of amides is 1. The Morgan fingerprint density at radius 1 is 1.47 bits per heavy atom. The van der Waals surface area contributed by atoms with Gasteiger partial charge in [-0.05, 0) is 13.8 Å². The van der Waals surface area contributed by atoms with Crippen molar-refractivity contribution in [1.29, 1.82) is 0 Å². The minimum atomic E-state index is -0.472. The lowest BCUT2D eigenvalue weighted by Gasteiger charge is -2.03. The first kappa shape index (κ1) is 13.5. The van der Waals surface area contributed by atoms with Crippen LogP contribution in [0.4, 0.5) is 0 Å². The number of aryl methyl sites for hydroxylation is 3. The number of hydrogen-bond acceptors (Lipinski definition) is 5. The van der Waals surface area contributed by atoms with Gasteiger partial charge in [-0.15, -0.1) is 5.10 Å². The Labute approximate surface area is 114 Å². The molecular formula is C10H14ClN7O. The highest BCUT2D eigenvalue weighted by Gasteiger charge is 2.11. The first-order valence-corrected chi connectivity index (χ1v) is 6.01. The predicted molar refractivity (Wildman–Crippen MR) is 68.4 cm³/mol. The van der Waals surface area contributed by atoms with Gasteiger partial charge >= 0.3 is 0 Å². The van der Waals surface area contributed by atoms with E-state index in [-0.39, 0.29) is 5.69 Å². The molecule has 8 nitrogen and oxygen atoms in total. The number of nitrogens with one attached hydrogen (secondary N) is 1. The van der Waals surface area contributed by atoms with Gasteiger partial charge in [0.2, 0.25) is 0 Å². The van der Waals surface area contributed by atoms with E-state index >= 15 is 0 Å². The molecule has 19 heavy (non-hydrogen) atoms. The molecular weight excluding hydrogens is 270 g/mol. The fourth-order valence-corrected chi connectivity index (χ4v) is 1.81. The third kappa shape index (κ3) is 2.74. The van der Waals surface area contributed by atoms with Crippen LogP contribution in [0.25, 0.3) is 0 Å². The summed E-state index contributed by atoms with van der Waals surface area (Å²) in [6.07, 6.45) is 1.52. The van der Waals surface area contributed by atoms with Crippen LogP contribution in [0.3, 0.4) is 0 Å². The lowest BCUT2D eigenvalue weighted by atomic mass is 10.4. The Morgan fingerprint density at radius 3 is 2.79 bits per heavy atom. The van der Waals surface area contributed by atoms with Gasteiger partial charge in [-0.25, -0.2) is 10.5 Å². The van der Waals surface area contributed by atoms with Crippen molar-refractivity contribution in [2.24, 2.45) is 5.84 Å². The van der Waals surface area contributed by atoms with E-state index in [0.29, 0.717) is 18.1 Å². The van der Waals surface area contributed by atoms with Gasteiger partial charge in [0.25, 0.3) is 5.91 Å². The second-order valence-corrected chi connectivity index (χ2v) is 4.43. The molecule has 2 rings (SSSR count). The van der Waals surface area contributed by atoms with Crippen molar-refractivity contribution in [3.63, 3.8) is 0 Å². The Balaban J connectivity index is 2.04. The Bertz CT molecular complexity index is 603. The summed E-state index contributed by atoms with van der Waals surface area (Å²) in [6.45, 7) is 4.87. The van der Waals surface area contributed by atoms with Gasteiger partial charge in [0, 0.05) is 0 Å². The molecule has 2 aromatic rings. The molecule has 1 amide bonds. The summed E-state index contributed by atoms with van der Waals surface area (Å²) < 4.78 is 3.34. The molecule has 0 aliphatic rings. The number of halogens is 1. The molecule has 0 fully saturated rings. The summed E-state index contributed by atoms with van der Waals surface area (Å²) in [5.74, 6) is 4.54.